The number of aromatic hydroxyl groups is 1. The number of piperidine rings is 1. The van der Waals surface area contributed by atoms with Crippen LogP contribution < -0.4 is 10.9 Å². The minimum atomic E-state index is -3.84. The Labute approximate surface area is 235 Å². The van der Waals surface area contributed by atoms with Crippen LogP contribution >= 0.6 is 0 Å². The standard InChI is InChI=1S/C29H29FN4O6S/c30-21-9-7-19(8-10-21)15-20-16-24-26(32-18-20)27(36)25(28(37)31-11-14-35)29(38)34(24)22-5-4-6-23(17-22)41(39,40)33-12-2-1-3-13-33/h4-10,16-18,35-36H,1-3,11-15H2,(H,31,37). The van der Waals surface area contributed by atoms with E-state index in [2.05, 4.69) is 10.3 Å². The number of halogens is 1. The van der Waals surface area contributed by atoms with Gasteiger partial charge in [0.1, 0.15) is 16.9 Å². The van der Waals surface area contributed by atoms with Crippen molar-refractivity contribution < 1.29 is 27.8 Å². The Morgan fingerprint density at radius 2 is 1.76 bits per heavy atom. The maximum absolute atomic E-state index is 13.8. The number of pyridine rings is 2. The number of nitrogens with zero attached hydrogens (tertiary/aromatic N) is 3. The van der Waals surface area contributed by atoms with Gasteiger partial charge >= 0.3 is 0 Å². The summed E-state index contributed by atoms with van der Waals surface area (Å²) >= 11 is 0. The molecule has 1 amide bonds. The summed E-state index contributed by atoms with van der Waals surface area (Å²) < 4.78 is 42.8. The zero-order valence-electron chi connectivity index (χ0n) is 22.1. The van der Waals surface area contributed by atoms with E-state index in [0.29, 0.717) is 25.1 Å². The van der Waals surface area contributed by atoms with Crippen LogP contribution in [0, 0.1) is 5.82 Å². The van der Waals surface area contributed by atoms with E-state index in [0.717, 1.165) is 29.4 Å². The number of nitrogens with one attached hydrogen (secondary N) is 1. The third-order valence-corrected chi connectivity index (χ3v) is 8.91. The summed E-state index contributed by atoms with van der Waals surface area (Å²) in [7, 11) is -3.84. The first-order valence-electron chi connectivity index (χ1n) is 13.2. The second kappa shape index (κ2) is 11.8. The number of rotatable bonds is 8. The molecule has 0 spiro atoms. The molecule has 0 saturated carbocycles. The molecule has 3 N–H and O–H groups in total. The van der Waals surface area contributed by atoms with Crippen molar-refractivity contribution in [2.24, 2.45) is 0 Å². The van der Waals surface area contributed by atoms with Crippen molar-refractivity contribution in [3.8, 4) is 11.4 Å². The van der Waals surface area contributed by atoms with Crippen molar-refractivity contribution in [1.82, 2.24) is 19.2 Å². The molecule has 2 aromatic heterocycles. The van der Waals surface area contributed by atoms with Gasteiger partial charge in [-0.2, -0.15) is 4.31 Å². The Morgan fingerprint density at radius 3 is 2.46 bits per heavy atom. The van der Waals surface area contributed by atoms with E-state index in [1.165, 1.54) is 46.9 Å². The molecule has 10 nitrogen and oxygen atoms in total. The Kier molecular flexibility index (Phi) is 8.15. The van der Waals surface area contributed by atoms with E-state index in [1.807, 2.05) is 0 Å². The van der Waals surface area contributed by atoms with Crippen molar-refractivity contribution in [3.05, 3.63) is 93.7 Å². The number of carbonyl (C=O) groups is 1. The molecule has 1 fully saturated rings. The first-order chi connectivity index (χ1) is 19.7. The number of aliphatic hydroxyl groups is 1. The molecule has 0 radical (unpaired) electrons. The molecule has 1 saturated heterocycles. The van der Waals surface area contributed by atoms with Crippen LogP contribution in [0.15, 0.2) is 70.5 Å². The Balaban J connectivity index is 1.70. The van der Waals surface area contributed by atoms with Crippen LogP contribution in [0.1, 0.15) is 40.7 Å². The molecule has 1 aliphatic rings. The van der Waals surface area contributed by atoms with Crippen molar-refractivity contribution >= 4 is 27.0 Å². The highest BCUT2D eigenvalue weighted by Gasteiger charge is 2.28. The largest absolute Gasteiger partial charge is 0.505 e. The second-order valence-corrected chi connectivity index (χ2v) is 11.8. The summed E-state index contributed by atoms with van der Waals surface area (Å²) in [6.45, 7) is 0.278. The van der Waals surface area contributed by atoms with E-state index >= 15 is 0 Å². The van der Waals surface area contributed by atoms with Crippen LogP contribution in [0.4, 0.5) is 4.39 Å². The zero-order valence-corrected chi connectivity index (χ0v) is 22.9. The Bertz CT molecular complexity index is 1770. The molecule has 214 valence electrons. The van der Waals surface area contributed by atoms with Gasteiger partial charge in [0, 0.05) is 25.8 Å². The van der Waals surface area contributed by atoms with Gasteiger partial charge < -0.3 is 15.5 Å². The predicted molar refractivity (Wildman–Crippen MR) is 150 cm³/mol. The summed E-state index contributed by atoms with van der Waals surface area (Å²) in [4.78, 5) is 31.1. The van der Waals surface area contributed by atoms with Gasteiger partial charge in [-0.25, -0.2) is 12.8 Å². The minimum absolute atomic E-state index is 0.00765. The number of fused-ring (bicyclic) bond motifs is 1. The summed E-state index contributed by atoms with van der Waals surface area (Å²) in [5, 5.41) is 22.5. The lowest BCUT2D eigenvalue weighted by molar-refractivity contribution is 0.0940. The lowest BCUT2D eigenvalue weighted by Gasteiger charge is -2.26. The first kappa shape index (κ1) is 28.4. The molecule has 5 rings (SSSR count). The molecule has 0 atom stereocenters. The summed E-state index contributed by atoms with van der Waals surface area (Å²) in [5.74, 6) is -1.93. The molecule has 0 bridgehead atoms. The highest BCUT2D eigenvalue weighted by Crippen LogP contribution is 2.29. The van der Waals surface area contributed by atoms with Crippen LogP contribution in [0.3, 0.4) is 0 Å². The van der Waals surface area contributed by atoms with Crippen LogP contribution in [-0.4, -0.2) is 64.6 Å². The van der Waals surface area contributed by atoms with Gasteiger partial charge in [0.15, 0.2) is 5.75 Å². The smallest absolute Gasteiger partial charge is 0.272 e. The Hall–Kier alpha value is -4.13. The van der Waals surface area contributed by atoms with E-state index in [9.17, 15) is 27.5 Å². The number of carbonyl (C=O) groups excluding carboxylic acids is 1. The monoisotopic (exact) mass is 580 g/mol. The fourth-order valence-corrected chi connectivity index (χ4v) is 6.54. The number of aromatic nitrogens is 2. The number of hydrogen-bond acceptors (Lipinski definition) is 7. The van der Waals surface area contributed by atoms with Crippen LogP contribution in [0.25, 0.3) is 16.7 Å². The molecular weight excluding hydrogens is 551 g/mol. The Morgan fingerprint density at radius 1 is 1.02 bits per heavy atom. The maximum atomic E-state index is 13.8. The predicted octanol–water partition coefficient (Wildman–Crippen LogP) is 2.72. The van der Waals surface area contributed by atoms with Gasteiger partial charge in [-0.15, -0.1) is 0 Å². The fourth-order valence-electron chi connectivity index (χ4n) is 4.98. The second-order valence-electron chi connectivity index (χ2n) is 9.82. The number of aliphatic hydroxyl groups excluding tert-OH is 1. The number of hydrogen-bond donors (Lipinski definition) is 3. The van der Waals surface area contributed by atoms with Crippen molar-refractivity contribution in [1.29, 1.82) is 0 Å². The lowest BCUT2D eigenvalue weighted by atomic mass is 10.0. The molecule has 41 heavy (non-hydrogen) atoms. The normalized spacial score (nSPS) is 14.3. The van der Waals surface area contributed by atoms with E-state index < -0.39 is 32.8 Å². The summed E-state index contributed by atoms with van der Waals surface area (Å²) in [6.07, 6.45) is 4.29. The topological polar surface area (TPSA) is 142 Å². The molecule has 2 aromatic carbocycles. The van der Waals surface area contributed by atoms with Crippen molar-refractivity contribution in [3.63, 3.8) is 0 Å². The van der Waals surface area contributed by atoms with Crippen LogP contribution in [0.2, 0.25) is 0 Å². The molecule has 1 aliphatic heterocycles. The number of benzene rings is 2. The van der Waals surface area contributed by atoms with E-state index in [-0.39, 0.29) is 40.6 Å². The average Bonchev–Trinajstić information content (AvgIpc) is 2.98. The molecular formula is C29H29FN4O6S. The van der Waals surface area contributed by atoms with E-state index in [1.54, 1.807) is 18.2 Å². The van der Waals surface area contributed by atoms with Gasteiger partial charge in [0.25, 0.3) is 11.5 Å². The number of sulfonamides is 1. The summed E-state index contributed by atoms with van der Waals surface area (Å²) in [6, 6.07) is 13.4. The average molecular weight is 581 g/mol. The summed E-state index contributed by atoms with van der Waals surface area (Å²) in [5.41, 5.74) is 0.193. The quantitative estimate of drug-likeness (QED) is 0.291. The van der Waals surface area contributed by atoms with Crippen LogP contribution in [-0.2, 0) is 16.4 Å². The van der Waals surface area contributed by atoms with Crippen LogP contribution in [0.5, 0.6) is 5.75 Å². The highest BCUT2D eigenvalue weighted by atomic mass is 32.2. The van der Waals surface area contributed by atoms with Gasteiger partial charge in [-0.1, -0.05) is 24.6 Å². The fraction of sp³-hybridized carbons (Fsp3) is 0.276. The molecule has 12 heteroatoms. The van der Waals surface area contributed by atoms with Gasteiger partial charge in [-0.05, 0) is 66.8 Å². The molecule has 0 unspecified atom stereocenters. The molecule has 3 heterocycles. The number of amides is 1. The first-order valence-corrected chi connectivity index (χ1v) is 14.7. The zero-order chi connectivity index (χ0) is 29.1. The van der Waals surface area contributed by atoms with Crippen molar-refractivity contribution in [2.75, 3.05) is 26.2 Å². The van der Waals surface area contributed by atoms with Gasteiger partial charge in [0.05, 0.1) is 22.7 Å². The molecule has 4 aromatic rings. The SMILES string of the molecule is O=C(NCCO)c1c(O)c2ncc(Cc3ccc(F)cc3)cc2n(-c2cccc(S(=O)(=O)N3CCCCC3)c2)c1=O. The van der Waals surface area contributed by atoms with Crippen molar-refractivity contribution in [2.45, 2.75) is 30.6 Å². The van der Waals surface area contributed by atoms with Gasteiger partial charge in [-0.3, -0.25) is 19.1 Å². The van der Waals surface area contributed by atoms with E-state index in [4.69, 9.17) is 5.11 Å². The molecule has 0 aliphatic carbocycles. The minimum Gasteiger partial charge on any atom is -0.505 e. The maximum Gasteiger partial charge on any atom is 0.272 e. The third kappa shape index (κ3) is 5.71. The third-order valence-electron chi connectivity index (χ3n) is 7.02. The van der Waals surface area contributed by atoms with Gasteiger partial charge in [0.2, 0.25) is 10.0 Å². The highest BCUT2D eigenvalue weighted by molar-refractivity contribution is 7.89. The lowest BCUT2D eigenvalue weighted by Crippen LogP contribution is -2.36.